The molecule has 2 N–H and O–H groups in total. The highest BCUT2D eigenvalue weighted by atomic mass is 79.9. The van der Waals surface area contributed by atoms with Gasteiger partial charge in [0.05, 0.1) is 5.56 Å². The lowest BCUT2D eigenvalue weighted by Crippen LogP contribution is -2.27. The molecule has 1 aromatic heterocycles. The van der Waals surface area contributed by atoms with E-state index >= 15 is 0 Å². The van der Waals surface area contributed by atoms with Gasteiger partial charge in [-0.15, -0.1) is 0 Å². The molecule has 0 unspecified atom stereocenters. The number of hydrogen-bond donors (Lipinski definition) is 2. The molecule has 4 nitrogen and oxygen atoms in total. The molecule has 0 aromatic carbocycles. The summed E-state index contributed by atoms with van der Waals surface area (Å²) < 4.78 is 38.3. The first-order valence-electron chi connectivity index (χ1n) is 5.01. The Morgan fingerprint density at radius 2 is 2.11 bits per heavy atom. The van der Waals surface area contributed by atoms with Crippen molar-refractivity contribution in [3.8, 4) is 0 Å². The van der Waals surface area contributed by atoms with Crippen LogP contribution in [0.25, 0.3) is 0 Å². The SMILES string of the molecule is CC(=O)NCCNc1ncc(Br)cc1C(F)(F)F. The number of pyridine rings is 1. The summed E-state index contributed by atoms with van der Waals surface area (Å²) in [6.07, 6.45) is -3.21. The van der Waals surface area contributed by atoms with Crippen molar-refractivity contribution >= 4 is 27.7 Å². The summed E-state index contributed by atoms with van der Waals surface area (Å²) in [4.78, 5) is 14.3. The Labute approximate surface area is 110 Å². The van der Waals surface area contributed by atoms with Crippen molar-refractivity contribution in [2.24, 2.45) is 0 Å². The van der Waals surface area contributed by atoms with Gasteiger partial charge in [0.2, 0.25) is 5.91 Å². The normalized spacial score (nSPS) is 11.2. The third-order valence-electron chi connectivity index (χ3n) is 1.95. The van der Waals surface area contributed by atoms with Crippen LogP contribution in [0, 0.1) is 0 Å². The first-order chi connectivity index (χ1) is 8.30. The monoisotopic (exact) mass is 325 g/mol. The summed E-state index contributed by atoms with van der Waals surface area (Å²) in [7, 11) is 0. The smallest absolute Gasteiger partial charge is 0.368 e. The van der Waals surface area contributed by atoms with Gasteiger partial charge in [-0.25, -0.2) is 4.98 Å². The lowest BCUT2D eigenvalue weighted by molar-refractivity contribution is -0.137. The zero-order valence-corrected chi connectivity index (χ0v) is 11.0. The van der Waals surface area contributed by atoms with Crippen molar-refractivity contribution in [1.82, 2.24) is 10.3 Å². The first kappa shape index (κ1) is 14.7. The fourth-order valence-corrected chi connectivity index (χ4v) is 1.55. The van der Waals surface area contributed by atoms with Crippen LogP contribution in [0.3, 0.4) is 0 Å². The van der Waals surface area contributed by atoms with Crippen LogP contribution < -0.4 is 10.6 Å². The van der Waals surface area contributed by atoms with Crippen molar-refractivity contribution in [2.75, 3.05) is 18.4 Å². The molecule has 8 heteroatoms. The minimum atomic E-state index is -4.48. The van der Waals surface area contributed by atoms with Crippen LogP contribution in [-0.4, -0.2) is 24.0 Å². The molecular weight excluding hydrogens is 315 g/mol. The number of nitrogens with zero attached hydrogens (tertiary/aromatic N) is 1. The second-order valence-corrected chi connectivity index (χ2v) is 4.37. The van der Waals surface area contributed by atoms with Crippen molar-refractivity contribution in [2.45, 2.75) is 13.1 Å². The maximum atomic E-state index is 12.7. The second-order valence-electron chi connectivity index (χ2n) is 3.46. The number of carbonyl (C=O) groups is 1. The van der Waals surface area contributed by atoms with E-state index < -0.39 is 11.7 Å². The fourth-order valence-electron chi connectivity index (χ4n) is 1.22. The lowest BCUT2D eigenvalue weighted by Gasteiger charge is -2.13. The predicted molar refractivity (Wildman–Crippen MR) is 64.1 cm³/mol. The number of carbonyl (C=O) groups excluding carboxylic acids is 1. The lowest BCUT2D eigenvalue weighted by atomic mass is 10.2. The van der Waals surface area contributed by atoms with Crippen LogP contribution in [-0.2, 0) is 11.0 Å². The largest absolute Gasteiger partial charge is 0.419 e. The molecule has 0 saturated heterocycles. The van der Waals surface area contributed by atoms with Crippen LogP contribution in [0.4, 0.5) is 19.0 Å². The number of aromatic nitrogens is 1. The summed E-state index contributed by atoms with van der Waals surface area (Å²) in [5.74, 6) is -0.493. The van der Waals surface area contributed by atoms with Crippen molar-refractivity contribution in [3.63, 3.8) is 0 Å². The topological polar surface area (TPSA) is 54.0 Å². The van der Waals surface area contributed by atoms with E-state index in [0.29, 0.717) is 0 Å². The number of rotatable bonds is 4. The van der Waals surface area contributed by atoms with E-state index in [2.05, 4.69) is 31.5 Å². The van der Waals surface area contributed by atoms with Crippen LogP contribution in [0.5, 0.6) is 0 Å². The summed E-state index contributed by atoms with van der Waals surface area (Å²) in [5, 5.41) is 5.00. The Kier molecular flexibility index (Phi) is 4.94. The molecule has 0 aliphatic rings. The van der Waals surface area contributed by atoms with Crippen molar-refractivity contribution in [1.29, 1.82) is 0 Å². The van der Waals surface area contributed by atoms with Gasteiger partial charge in [-0.2, -0.15) is 13.2 Å². The molecule has 0 radical (unpaired) electrons. The predicted octanol–water partition coefficient (Wildman–Crippen LogP) is 2.41. The molecule has 1 amide bonds. The number of nitrogens with one attached hydrogen (secondary N) is 2. The van der Waals surface area contributed by atoms with Gasteiger partial charge >= 0.3 is 6.18 Å². The summed E-state index contributed by atoms with van der Waals surface area (Å²) in [6.45, 7) is 1.72. The van der Waals surface area contributed by atoms with Crippen LogP contribution in [0.2, 0.25) is 0 Å². The van der Waals surface area contributed by atoms with E-state index in [1.165, 1.54) is 13.1 Å². The molecule has 0 spiro atoms. The number of halogens is 4. The molecule has 0 fully saturated rings. The maximum absolute atomic E-state index is 12.7. The molecule has 100 valence electrons. The van der Waals surface area contributed by atoms with Crippen LogP contribution >= 0.6 is 15.9 Å². The van der Waals surface area contributed by atoms with Gasteiger partial charge in [0.15, 0.2) is 0 Å². The van der Waals surface area contributed by atoms with Crippen molar-refractivity contribution < 1.29 is 18.0 Å². The third-order valence-corrected chi connectivity index (χ3v) is 2.38. The van der Waals surface area contributed by atoms with Crippen LogP contribution in [0.1, 0.15) is 12.5 Å². The van der Waals surface area contributed by atoms with Gasteiger partial charge in [0, 0.05) is 30.7 Å². The molecule has 0 aliphatic heterocycles. The molecular formula is C10H11BrF3N3O. The van der Waals surface area contributed by atoms with E-state index in [-0.39, 0.29) is 29.3 Å². The minimum absolute atomic E-state index is 0.164. The van der Waals surface area contributed by atoms with Gasteiger partial charge in [-0.1, -0.05) is 0 Å². The third kappa shape index (κ3) is 4.52. The van der Waals surface area contributed by atoms with Gasteiger partial charge < -0.3 is 10.6 Å². The van der Waals surface area contributed by atoms with E-state index in [1.54, 1.807) is 0 Å². The average molecular weight is 326 g/mol. The minimum Gasteiger partial charge on any atom is -0.368 e. The quantitative estimate of drug-likeness (QED) is 0.836. The number of amides is 1. The van der Waals surface area contributed by atoms with E-state index in [0.717, 1.165) is 6.07 Å². The summed E-state index contributed by atoms with van der Waals surface area (Å²) in [5.41, 5.74) is -0.847. The molecule has 1 aromatic rings. The Balaban J connectivity index is 2.73. The fraction of sp³-hybridized carbons (Fsp3) is 0.400. The molecule has 1 heterocycles. The number of anilines is 1. The molecule has 0 aliphatic carbocycles. The zero-order chi connectivity index (χ0) is 13.8. The van der Waals surface area contributed by atoms with E-state index in [4.69, 9.17) is 0 Å². The van der Waals surface area contributed by atoms with E-state index in [9.17, 15) is 18.0 Å². The van der Waals surface area contributed by atoms with Gasteiger partial charge in [-0.3, -0.25) is 4.79 Å². The Morgan fingerprint density at radius 1 is 1.44 bits per heavy atom. The number of alkyl halides is 3. The van der Waals surface area contributed by atoms with Crippen LogP contribution in [0.15, 0.2) is 16.7 Å². The van der Waals surface area contributed by atoms with Crippen molar-refractivity contribution in [3.05, 3.63) is 22.3 Å². The standard InChI is InChI=1S/C10H11BrF3N3O/c1-6(18)15-2-3-16-9-8(10(12,13)14)4-7(11)5-17-9/h4-5H,2-3H2,1H3,(H,15,18)(H,16,17). The Bertz CT molecular complexity index is 437. The molecule has 0 atom stereocenters. The summed E-state index contributed by atoms with van der Waals surface area (Å²) in [6, 6.07) is 0.952. The highest BCUT2D eigenvalue weighted by Crippen LogP contribution is 2.35. The van der Waals surface area contributed by atoms with Gasteiger partial charge in [-0.05, 0) is 22.0 Å². The average Bonchev–Trinajstić information content (AvgIpc) is 2.24. The number of hydrogen-bond acceptors (Lipinski definition) is 3. The van der Waals surface area contributed by atoms with E-state index in [1.807, 2.05) is 0 Å². The van der Waals surface area contributed by atoms with Gasteiger partial charge in [0.1, 0.15) is 5.82 Å². The molecule has 18 heavy (non-hydrogen) atoms. The second kappa shape index (κ2) is 6.03. The summed E-state index contributed by atoms with van der Waals surface area (Å²) >= 11 is 2.94. The zero-order valence-electron chi connectivity index (χ0n) is 9.44. The Morgan fingerprint density at radius 3 is 2.67 bits per heavy atom. The molecule has 1 rings (SSSR count). The first-order valence-corrected chi connectivity index (χ1v) is 5.81. The highest BCUT2D eigenvalue weighted by Gasteiger charge is 2.34. The molecule has 0 saturated carbocycles. The highest BCUT2D eigenvalue weighted by molar-refractivity contribution is 9.10. The molecule has 0 bridgehead atoms. The Hall–Kier alpha value is -1.31. The van der Waals surface area contributed by atoms with Gasteiger partial charge in [0.25, 0.3) is 0 Å². The maximum Gasteiger partial charge on any atom is 0.419 e.